The van der Waals surface area contributed by atoms with Crippen LogP contribution in [-0.2, 0) is 6.54 Å². The standard InChI is InChI=1S/C16H21N3O/c1-13-11-15(18-20-13)16-8-3-2-6-10-19(16)12-14-7-4-5-9-17-14/h4-5,7,9,11,16H,2-3,6,8,10,12H2,1H3/t16-/m1/s1. The summed E-state index contributed by atoms with van der Waals surface area (Å²) in [4.78, 5) is 6.94. The van der Waals surface area contributed by atoms with Crippen LogP contribution < -0.4 is 0 Å². The van der Waals surface area contributed by atoms with Crippen LogP contribution in [0, 0.1) is 6.92 Å². The van der Waals surface area contributed by atoms with Crippen molar-refractivity contribution >= 4 is 0 Å². The molecule has 0 amide bonds. The molecule has 1 fully saturated rings. The molecule has 0 radical (unpaired) electrons. The van der Waals surface area contributed by atoms with Gasteiger partial charge in [0.2, 0.25) is 0 Å². The van der Waals surface area contributed by atoms with E-state index in [0.29, 0.717) is 6.04 Å². The smallest absolute Gasteiger partial charge is 0.133 e. The van der Waals surface area contributed by atoms with Crippen molar-refractivity contribution in [3.05, 3.63) is 47.6 Å². The molecule has 2 aromatic heterocycles. The van der Waals surface area contributed by atoms with Crippen molar-refractivity contribution in [3.8, 4) is 0 Å². The first-order valence-corrected chi connectivity index (χ1v) is 7.40. The van der Waals surface area contributed by atoms with Crippen LogP contribution in [0.5, 0.6) is 0 Å². The molecule has 2 aromatic rings. The SMILES string of the molecule is Cc1cc([C@H]2CCCCCN2Cc2ccccn2)no1. The highest BCUT2D eigenvalue weighted by Crippen LogP contribution is 2.30. The molecular formula is C16H21N3O. The monoisotopic (exact) mass is 271 g/mol. The van der Waals surface area contributed by atoms with Crippen molar-refractivity contribution in [2.45, 2.75) is 45.2 Å². The molecule has 1 atom stereocenters. The highest BCUT2D eigenvalue weighted by Gasteiger charge is 2.25. The lowest BCUT2D eigenvalue weighted by molar-refractivity contribution is 0.181. The molecule has 0 N–H and O–H groups in total. The topological polar surface area (TPSA) is 42.2 Å². The second-order valence-electron chi connectivity index (χ2n) is 5.52. The molecular weight excluding hydrogens is 250 g/mol. The van der Waals surface area contributed by atoms with Crippen molar-refractivity contribution in [1.29, 1.82) is 0 Å². The van der Waals surface area contributed by atoms with E-state index < -0.39 is 0 Å². The van der Waals surface area contributed by atoms with Gasteiger partial charge >= 0.3 is 0 Å². The Hall–Kier alpha value is -1.68. The van der Waals surface area contributed by atoms with E-state index in [0.717, 1.165) is 36.7 Å². The van der Waals surface area contributed by atoms with Crippen LogP contribution >= 0.6 is 0 Å². The summed E-state index contributed by atoms with van der Waals surface area (Å²) >= 11 is 0. The predicted molar refractivity (Wildman–Crippen MR) is 77.1 cm³/mol. The summed E-state index contributed by atoms with van der Waals surface area (Å²) in [5, 5.41) is 4.24. The van der Waals surface area contributed by atoms with Crippen LogP contribution in [-0.4, -0.2) is 21.6 Å². The molecule has 3 heterocycles. The maximum atomic E-state index is 5.26. The quantitative estimate of drug-likeness (QED) is 0.857. The van der Waals surface area contributed by atoms with Crippen molar-refractivity contribution in [2.24, 2.45) is 0 Å². The molecule has 20 heavy (non-hydrogen) atoms. The van der Waals surface area contributed by atoms with Gasteiger partial charge in [-0.05, 0) is 38.4 Å². The number of aromatic nitrogens is 2. The molecule has 1 aliphatic rings. The Labute approximate surface area is 119 Å². The van der Waals surface area contributed by atoms with Gasteiger partial charge in [0, 0.05) is 18.8 Å². The van der Waals surface area contributed by atoms with Gasteiger partial charge in [-0.15, -0.1) is 0 Å². The third-order valence-corrected chi connectivity index (χ3v) is 3.94. The van der Waals surface area contributed by atoms with Crippen molar-refractivity contribution in [3.63, 3.8) is 0 Å². The highest BCUT2D eigenvalue weighted by atomic mass is 16.5. The van der Waals surface area contributed by atoms with Gasteiger partial charge in [-0.25, -0.2) is 0 Å². The molecule has 1 aliphatic heterocycles. The number of nitrogens with zero attached hydrogens (tertiary/aromatic N) is 3. The number of hydrogen-bond donors (Lipinski definition) is 0. The van der Waals surface area contributed by atoms with Crippen LogP contribution in [0.2, 0.25) is 0 Å². The fourth-order valence-electron chi connectivity index (χ4n) is 2.93. The Bertz CT molecular complexity index is 538. The first-order valence-electron chi connectivity index (χ1n) is 7.40. The van der Waals surface area contributed by atoms with E-state index >= 15 is 0 Å². The number of hydrogen-bond acceptors (Lipinski definition) is 4. The average Bonchev–Trinajstić information content (AvgIpc) is 2.76. The zero-order valence-electron chi connectivity index (χ0n) is 12.0. The number of likely N-dealkylation sites (tertiary alicyclic amines) is 1. The normalized spacial score (nSPS) is 20.8. The fourth-order valence-corrected chi connectivity index (χ4v) is 2.93. The third-order valence-electron chi connectivity index (χ3n) is 3.94. The van der Waals surface area contributed by atoms with Crippen LogP contribution in [0.3, 0.4) is 0 Å². The summed E-state index contributed by atoms with van der Waals surface area (Å²) in [7, 11) is 0. The van der Waals surface area contributed by atoms with Crippen LogP contribution in [0.4, 0.5) is 0 Å². The molecule has 0 bridgehead atoms. The first-order chi connectivity index (χ1) is 9.83. The van der Waals surface area contributed by atoms with Gasteiger partial charge in [0.25, 0.3) is 0 Å². The van der Waals surface area contributed by atoms with Gasteiger partial charge in [-0.1, -0.05) is 24.1 Å². The second-order valence-corrected chi connectivity index (χ2v) is 5.52. The minimum absolute atomic E-state index is 0.358. The van der Waals surface area contributed by atoms with E-state index in [1.807, 2.05) is 19.2 Å². The van der Waals surface area contributed by atoms with E-state index in [-0.39, 0.29) is 0 Å². The lowest BCUT2D eigenvalue weighted by atomic mass is 10.1. The molecule has 0 spiro atoms. The minimum Gasteiger partial charge on any atom is -0.361 e. The lowest BCUT2D eigenvalue weighted by Crippen LogP contribution is -2.28. The Morgan fingerprint density at radius 2 is 2.25 bits per heavy atom. The van der Waals surface area contributed by atoms with E-state index in [1.54, 1.807) is 0 Å². The van der Waals surface area contributed by atoms with Crippen LogP contribution in [0.25, 0.3) is 0 Å². The van der Waals surface area contributed by atoms with Gasteiger partial charge in [-0.2, -0.15) is 0 Å². The predicted octanol–water partition coefficient (Wildman–Crippen LogP) is 3.50. The maximum Gasteiger partial charge on any atom is 0.133 e. The molecule has 4 nitrogen and oxygen atoms in total. The summed E-state index contributed by atoms with van der Waals surface area (Å²) in [6.45, 7) is 3.95. The zero-order valence-corrected chi connectivity index (χ0v) is 12.0. The number of rotatable bonds is 3. The molecule has 1 saturated heterocycles. The summed E-state index contributed by atoms with van der Waals surface area (Å²) in [6, 6.07) is 8.54. The maximum absolute atomic E-state index is 5.26. The van der Waals surface area contributed by atoms with Crippen LogP contribution in [0.1, 0.15) is 48.9 Å². The molecule has 0 aromatic carbocycles. The van der Waals surface area contributed by atoms with Gasteiger partial charge in [-0.3, -0.25) is 9.88 Å². The molecule has 0 aliphatic carbocycles. The third kappa shape index (κ3) is 3.07. The summed E-state index contributed by atoms with van der Waals surface area (Å²) in [5.41, 5.74) is 2.19. The molecule has 3 rings (SSSR count). The Kier molecular flexibility index (Phi) is 4.11. The Balaban J connectivity index is 1.80. The van der Waals surface area contributed by atoms with Crippen molar-refractivity contribution < 1.29 is 4.52 Å². The van der Waals surface area contributed by atoms with Gasteiger partial charge in [0.05, 0.1) is 11.7 Å². The largest absolute Gasteiger partial charge is 0.361 e. The van der Waals surface area contributed by atoms with E-state index in [9.17, 15) is 0 Å². The minimum atomic E-state index is 0.358. The van der Waals surface area contributed by atoms with Gasteiger partial charge in [0.1, 0.15) is 11.5 Å². The molecule has 106 valence electrons. The van der Waals surface area contributed by atoms with E-state index in [2.05, 4.69) is 33.2 Å². The van der Waals surface area contributed by atoms with Gasteiger partial charge in [0.15, 0.2) is 0 Å². The second kappa shape index (κ2) is 6.18. The number of pyridine rings is 1. The van der Waals surface area contributed by atoms with E-state index in [4.69, 9.17) is 4.52 Å². The summed E-state index contributed by atoms with van der Waals surface area (Å²) < 4.78 is 5.26. The Morgan fingerprint density at radius 3 is 3.00 bits per heavy atom. The van der Waals surface area contributed by atoms with Crippen LogP contribution in [0.15, 0.2) is 35.0 Å². The number of aryl methyl sites for hydroxylation is 1. The average molecular weight is 271 g/mol. The summed E-state index contributed by atoms with van der Waals surface area (Å²) in [5.74, 6) is 0.891. The first kappa shape index (κ1) is 13.3. The van der Waals surface area contributed by atoms with Gasteiger partial charge < -0.3 is 4.52 Å². The molecule has 4 heteroatoms. The van der Waals surface area contributed by atoms with E-state index in [1.165, 1.54) is 19.3 Å². The Morgan fingerprint density at radius 1 is 1.30 bits per heavy atom. The summed E-state index contributed by atoms with van der Waals surface area (Å²) in [6.07, 6.45) is 6.82. The van der Waals surface area contributed by atoms with Crippen molar-refractivity contribution in [2.75, 3.05) is 6.54 Å². The highest BCUT2D eigenvalue weighted by molar-refractivity contribution is 5.11. The lowest BCUT2D eigenvalue weighted by Gasteiger charge is -2.27. The van der Waals surface area contributed by atoms with Crippen molar-refractivity contribution in [1.82, 2.24) is 15.0 Å². The molecule has 0 saturated carbocycles. The fraction of sp³-hybridized carbons (Fsp3) is 0.500. The molecule has 0 unspecified atom stereocenters. The zero-order chi connectivity index (χ0) is 13.8.